The number of aryl methyl sites for hydroxylation is 1. The van der Waals surface area contributed by atoms with E-state index in [1.165, 1.54) is 0 Å². The Labute approximate surface area is 124 Å². The summed E-state index contributed by atoms with van der Waals surface area (Å²) in [5.41, 5.74) is 1.89. The summed E-state index contributed by atoms with van der Waals surface area (Å²) in [7, 11) is 5.02. The summed E-state index contributed by atoms with van der Waals surface area (Å²) < 4.78 is 16.3. The van der Waals surface area contributed by atoms with Crippen molar-refractivity contribution < 1.29 is 14.2 Å². The number of nitrogens with one attached hydrogen (secondary N) is 1. The lowest BCUT2D eigenvalue weighted by Crippen LogP contribution is -2.08. The molecule has 0 amide bonds. The van der Waals surface area contributed by atoms with Crippen LogP contribution in [0.2, 0.25) is 0 Å². The third-order valence-corrected chi connectivity index (χ3v) is 3.00. The topological polar surface area (TPSA) is 65.5 Å². The van der Waals surface area contributed by atoms with Crippen LogP contribution >= 0.6 is 0 Å². The van der Waals surface area contributed by atoms with Crippen LogP contribution in [0.1, 0.15) is 11.3 Å². The first-order valence-corrected chi connectivity index (χ1v) is 6.55. The van der Waals surface area contributed by atoms with Crippen molar-refractivity contribution in [1.82, 2.24) is 15.3 Å². The van der Waals surface area contributed by atoms with Crippen LogP contribution < -0.4 is 19.5 Å². The van der Waals surface area contributed by atoms with Gasteiger partial charge in [-0.15, -0.1) is 0 Å². The molecule has 21 heavy (non-hydrogen) atoms. The molecule has 0 aliphatic rings. The molecule has 0 unspecified atom stereocenters. The van der Waals surface area contributed by atoms with Crippen molar-refractivity contribution >= 4 is 0 Å². The average Bonchev–Trinajstić information content (AvgIpc) is 2.50. The van der Waals surface area contributed by atoms with Gasteiger partial charge in [0.05, 0.1) is 14.2 Å². The third kappa shape index (κ3) is 3.41. The Morgan fingerprint density at radius 3 is 2.33 bits per heavy atom. The Morgan fingerprint density at radius 1 is 1.14 bits per heavy atom. The van der Waals surface area contributed by atoms with Crippen LogP contribution in [0.5, 0.6) is 23.3 Å². The summed E-state index contributed by atoms with van der Waals surface area (Å²) in [4.78, 5) is 8.57. The van der Waals surface area contributed by atoms with Crippen LogP contribution in [0.3, 0.4) is 0 Å². The van der Waals surface area contributed by atoms with Crippen molar-refractivity contribution in [3.05, 3.63) is 35.7 Å². The van der Waals surface area contributed by atoms with E-state index in [1.54, 1.807) is 32.5 Å². The van der Waals surface area contributed by atoms with Gasteiger partial charge >= 0.3 is 6.01 Å². The highest BCUT2D eigenvalue weighted by Gasteiger charge is 2.14. The lowest BCUT2D eigenvalue weighted by atomic mass is 10.2. The summed E-state index contributed by atoms with van der Waals surface area (Å²) in [6, 6.07) is 5.67. The summed E-state index contributed by atoms with van der Waals surface area (Å²) in [6.45, 7) is 2.63. The van der Waals surface area contributed by atoms with Gasteiger partial charge in [-0.05, 0) is 26.1 Å². The van der Waals surface area contributed by atoms with E-state index in [4.69, 9.17) is 14.2 Å². The first-order chi connectivity index (χ1) is 10.2. The molecule has 2 rings (SSSR count). The van der Waals surface area contributed by atoms with Gasteiger partial charge < -0.3 is 19.5 Å². The van der Waals surface area contributed by atoms with Gasteiger partial charge in [-0.25, -0.2) is 4.98 Å². The largest absolute Gasteiger partial charge is 0.493 e. The quantitative estimate of drug-likeness (QED) is 0.880. The van der Waals surface area contributed by atoms with Gasteiger partial charge in [-0.3, -0.25) is 0 Å². The van der Waals surface area contributed by atoms with Gasteiger partial charge in [0, 0.05) is 24.0 Å². The Hall–Kier alpha value is -2.34. The summed E-state index contributed by atoms with van der Waals surface area (Å²) in [5, 5.41) is 3.07. The highest BCUT2D eigenvalue weighted by atomic mass is 16.5. The maximum Gasteiger partial charge on any atom is 0.322 e. The highest BCUT2D eigenvalue weighted by Crippen LogP contribution is 2.38. The highest BCUT2D eigenvalue weighted by molar-refractivity contribution is 5.52. The molecule has 112 valence electrons. The standard InChI is InChI=1S/C15H19N3O3/c1-10-11(8-16-2)9-17-15(18-10)21-14-12(19-3)6-5-7-13(14)20-4/h5-7,9,16H,8H2,1-4H3. The fourth-order valence-corrected chi connectivity index (χ4v) is 1.89. The molecule has 1 aromatic carbocycles. The summed E-state index contributed by atoms with van der Waals surface area (Å²) >= 11 is 0. The van der Waals surface area contributed by atoms with E-state index in [1.807, 2.05) is 20.0 Å². The zero-order valence-electron chi connectivity index (χ0n) is 12.6. The smallest absolute Gasteiger partial charge is 0.322 e. The molecule has 0 saturated heterocycles. The van der Waals surface area contributed by atoms with Crippen molar-refractivity contribution in [3.63, 3.8) is 0 Å². The maximum absolute atomic E-state index is 5.74. The number of para-hydroxylation sites is 1. The number of hydrogen-bond acceptors (Lipinski definition) is 6. The van der Waals surface area contributed by atoms with Crippen molar-refractivity contribution in [2.45, 2.75) is 13.5 Å². The van der Waals surface area contributed by atoms with Crippen LogP contribution in [0.15, 0.2) is 24.4 Å². The summed E-state index contributed by atoms with van der Waals surface area (Å²) in [5.74, 6) is 1.59. The predicted molar refractivity (Wildman–Crippen MR) is 79.2 cm³/mol. The van der Waals surface area contributed by atoms with E-state index in [-0.39, 0.29) is 6.01 Å². The Bertz CT molecular complexity index is 595. The molecule has 0 spiro atoms. The van der Waals surface area contributed by atoms with Gasteiger partial charge in [-0.1, -0.05) is 6.07 Å². The molecule has 2 aromatic rings. The molecule has 1 aromatic heterocycles. The van der Waals surface area contributed by atoms with E-state index >= 15 is 0 Å². The lowest BCUT2D eigenvalue weighted by Gasteiger charge is -2.13. The van der Waals surface area contributed by atoms with Crippen LogP contribution in [0.25, 0.3) is 0 Å². The summed E-state index contributed by atoms with van der Waals surface area (Å²) in [6.07, 6.45) is 1.75. The minimum absolute atomic E-state index is 0.259. The molecular weight excluding hydrogens is 270 g/mol. The molecule has 0 saturated carbocycles. The fraction of sp³-hybridized carbons (Fsp3) is 0.333. The number of nitrogens with zero attached hydrogens (tertiary/aromatic N) is 2. The van der Waals surface area contributed by atoms with Gasteiger partial charge in [0.25, 0.3) is 0 Å². The van der Waals surface area contributed by atoms with Crippen molar-refractivity contribution in [2.24, 2.45) is 0 Å². The number of rotatable bonds is 6. The molecule has 0 aliphatic carbocycles. The molecule has 0 atom stereocenters. The second kappa shape index (κ2) is 6.90. The Kier molecular flexibility index (Phi) is 4.94. The molecule has 1 N–H and O–H groups in total. The zero-order chi connectivity index (χ0) is 15.2. The van der Waals surface area contributed by atoms with E-state index in [0.717, 1.165) is 11.3 Å². The van der Waals surface area contributed by atoms with E-state index in [0.29, 0.717) is 23.8 Å². The normalized spacial score (nSPS) is 10.3. The van der Waals surface area contributed by atoms with Crippen molar-refractivity contribution in [2.75, 3.05) is 21.3 Å². The molecule has 6 heteroatoms. The number of hydrogen-bond donors (Lipinski definition) is 1. The lowest BCUT2D eigenvalue weighted by molar-refractivity contribution is 0.336. The molecule has 0 radical (unpaired) electrons. The minimum Gasteiger partial charge on any atom is -0.493 e. The van der Waals surface area contributed by atoms with Crippen LogP contribution in [-0.4, -0.2) is 31.2 Å². The minimum atomic E-state index is 0.259. The number of aromatic nitrogens is 2. The predicted octanol–water partition coefficient (Wildman–Crippen LogP) is 2.31. The van der Waals surface area contributed by atoms with Crippen LogP contribution in [0, 0.1) is 6.92 Å². The average molecular weight is 289 g/mol. The van der Waals surface area contributed by atoms with Gasteiger partial charge in [0.1, 0.15) is 0 Å². The first-order valence-electron chi connectivity index (χ1n) is 6.55. The first kappa shape index (κ1) is 15.1. The van der Waals surface area contributed by atoms with Gasteiger partial charge in [-0.2, -0.15) is 4.98 Å². The Morgan fingerprint density at radius 2 is 1.81 bits per heavy atom. The number of ether oxygens (including phenoxy) is 3. The molecule has 1 heterocycles. The van der Waals surface area contributed by atoms with E-state index < -0.39 is 0 Å². The van der Waals surface area contributed by atoms with E-state index in [9.17, 15) is 0 Å². The van der Waals surface area contributed by atoms with Crippen LogP contribution in [-0.2, 0) is 6.54 Å². The SMILES string of the molecule is CNCc1cnc(Oc2c(OC)cccc2OC)nc1C. The number of methoxy groups -OCH3 is 2. The van der Waals surface area contributed by atoms with Crippen molar-refractivity contribution in [1.29, 1.82) is 0 Å². The number of benzene rings is 1. The third-order valence-electron chi connectivity index (χ3n) is 3.00. The molecule has 0 aliphatic heterocycles. The monoisotopic (exact) mass is 289 g/mol. The molecular formula is C15H19N3O3. The fourth-order valence-electron chi connectivity index (χ4n) is 1.89. The second-order valence-corrected chi connectivity index (χ2v) is 4.39. The van der Waals surface area contributed by atoms with E-state index in [2.05, 4.69) is 15.3 Å². The molecule has 0 fully saturated rings. The van der Waals surface area contributed by atoms with Gasteiger partial charge in [0.2, 0.25) is 5.75 Å². The Balaban J connectivity index is 2.32. The van der Waals surface area contributed by atoms with Crippen molar-refractivity contribution in [3.8, 4) is 23.3 Å². The van der Waals surface area contributed by atoms with Crippen LogP contribution in [0.4, 0.5) is 0 Å². The molecule has 6 nitrogen and oxygen atoms in total. The second-order valence-electron chi connectivity index (χ2n) is 4.39. The molecule has 0 bridgehead atoms. The zero-order valence-corrected chi connectivity index (χ0v) is 12.6. The maximum atomic E-state index is 5.74. The van der Waals surface area contributed by atoms with Gasteiger partial charge in [0.15, 0.2) is 11.5 Å².